The van der Waals surface area contributed by atoms with Crippen molar-refractivity contribution < 1.29 is 9.53 Å². The summed E-state index contributed by atoms with van der Waals surface area (Å²) in [5.41, 5.74) is 0.852. The van der Waals surface area contributed by atoms with Crippen LogP contribution >= 0.6 is 11.3 Å². The number of hydrogen-bond donors (Lipinski definition) is 0. The fraction of sp³-hybridized carbons (Fsp3) is 0.333. The van der Waals surface area contributed by atoms with Crippen molar-refractivity contribution in [1.29, 1.82) is 0 Å². The first kappa shape index (κ1) is 7.21. The molecule has 3 nitrogen and oxygen atoms in total. The second kappa shape index (κ2) is 2.79. The van der Waals surface area contributed by atoms with Crippen LogP contribution in [0.25, 0.3) is 0 Å². The summed E-state index contributed by atoms with van der Waals surface area (Å²) in [4.78, 5) is 14.7. The van der Waals surface area contributed by atoms with E-state index in [0.717, 1.165) is 5.69 Å². The molecule has 1 aromatic heterocycles. The summed E-state index contributed by atoms with van der Waals surface area (Å²) in [7, 11) is 1.35. The van der Waals surface area contributed by atoms with E-state index in [0.29, 0.717) is 5.01 Å². The Labute approximate surface area is 62.7 Å². The molecule has 4 heteroatoms. The molecular formula is C6H7NO2S. The van der Waals surface area contributed by atoms with Gasteiger partial charge in [0.15, 0.2) is 0 Å². The fourth-order valence-corrected chi connectivity index (χ4v) is 1.25. The number of aromatic nitrogens is 1. The van der Waals surface area contributed by atoms with Gasteiger partial charge in [-0.2, -0.15) is 0 Å². The maximum absolute atomic E-state index is 10.8. The van der Waals surface area contributed by atoms with Crippen molar-refractivity contribution in [3.05, 3.63) is 16.1 Å². The number of rotatable bonds is 1. The van der Waals surface area contributed by atoms with Crippen LogP contribution in [0.5, 0.6) is 0 Å². The van der Waals surface area contributed by atoms with Crippen molar-refractivity contribution in [1.82, 2.24) is 4.98 Å². The van der Waals surface area contributed by atoms with Crippen molar-refractivity contribution >= 4 is 17.3 Å². The van der Waals surface area contributed by atoms with Gasteiger partial charge in [-0.1, -0.05) is 0 Å². The number of esters is 1. The zero-order valence-electron chi connectivity index (χ0n) is 5.75. The Morgan fingerprint density at radius 2 is 2.50 bits per heavy atom. The monoisotopic (exact) mass is 157 g/mol. The van der Waals surface area contributed by atoms with Gasteiger partial charge in [-0.05, 0) is 6.92 Å². The van der Waals surface area contributed by atoms with Gasteiger partial charge in [-0.3, -0.25) is 0 Å². The third-order valence-corrected chi connectivity index (χ3v) is 1.92. The highest BCUT2D eigenvalue weighted by atomic mass is 32.1. The van der Waals surface area contributed by atoms with Crippen LogP contribution in [-0.4, -0.2) is 18.1 Å². The maximum atomic E-state index is 10.8. The van der Waals surface area contributed by atoms with Gasteiger partial charge in [0.1, 0.15) is 0 Å². The summed E-state index contributed by atoms with van der Waals surface area (Å²) < 4.78 is 4.46. The lowest BCUT2D eigenvalue weighted by Gasteiger charge is -1.89. The zero-order chi connectivity index (χ0) is 7.56. The van der Waals surface area contributed by atoms with E-state index in [1.54, 1.807) is 0 Å². The lowest BCUT2D eigenvalue weighted by atomic mass is 10.6. The van der Waals surface area contributed by atoms with E-state index in [2.05, 4.69) is 9.72 Å². The first-order chi connectivity index (χ1) is 4.74. The normalized spacial score (nSPS) is 9.40. The van der Waals surface area contributed by atoms with Crippen LogP contribution in [0.3, 0.4) is 0 Å². The van der Waals surface area contributed by atoms with Crippen molar-refractivity contribution in [3.8, 4) is 0 Å². The summed E-state index contributed by atoms with van der Waals surface area (Å²) in [6.45, 7) is 1.84. The van der Waals surface area contributed by atoms with Crippen molar-refractivity contribution in [2.45, 2.75) is 6.92 Å². The molecule has 0 unspecified atom stereocenters. The Kier molecular flexibility index (Phi) is 2.01. The Hall–Kier alpha value is -0.900. The number of thiazole rings is 1. The predicted molar refractivity (Wildman–Crippen MR) is 38.2 cm³/mol. The molecule has 0 fully saturated rings. The Morgan fingerprint density at radius 3 is 2.90 bits per heavy atom. The first-order valence-corrected chi connectivity index (χ1v) is 3.62. The lowest BCUT2D eigenvalue weighted by molar-refractivity contribution is 0.0600. The van der Waals surface area contributed by atoms with Gasteiger partial charge in [0, 0.05) is 11.1 Å². The molecule has 1 aromatic rings. The van der Waals surface area contributed by atoms with Gasteiger partial charge in [0.25, 0.3) is 0 Å². The molecule has 0 amide bonds. The molecular weight excluding hydrogens is 150 g/mol. The molecule has 10 heavy (non-hydrogen) atoms. The molecule has 0 bridgehead atoms. The van der Waals surface area contributed by atoms with E-state index in [9.17, 15) is 4.79 Å². The van der Waals surface area contributed by atoms with E-state index in [1.807, 2.05) is 12.3 Å². The standard InChI is InChI=1S/C6H7NO2S/c1-4-3-10-5(7-4)6(8)9-2/h3H,1-2H3. The minimum Gasteiger partial charge on any atom is -0.464 e. The second-order valence-corrected chi connectivity index (χ2v) is 2.64. The first-order valence-electron chi connectivity index (χ1n) is 2.74. The highest BCUT2D eigenvalue weighted by molar-refractivity contribution is 7.11. The van der Waals surface area contributed by atoms with E-state index in [-0.39, 0.29) is 5.97 Å². The van der Waals surface area contributed by atoms with Gasteiger partial charge in [0.05, 0.1) is 7.11 Å². The highest BCUT2D eigenvalue weighted by Crippen LogP contribution is 2.08. The number of carbonyl (C=O) groups excluding carboxylic acids is 1. The fourth-order valence-electron chi connectivity index (χ4n) is 0.535. The SMILES string of the molecule is COC(=O)c1nc(C)cs1. The third-order valence-electron chi connectivity index (χ3n) is 0.979. The van der Waals surface area contributed by atoms with Crippen molar-refractivity contribution in [2.24, 2.45) is 0 Å². The van der Waals surface area contributed by atoms with E-state index < -0.39 is 0 Å². The summed E-state index contributed by atoms with van der Waals surface area (Å²) in [6, 6.07) is 0. The number of nitrogens with zero attached hydrogens (tertiary/aromatic N) is 1. The highest BCUT2D eigenvalue weighted by Gasteiger charge is 2.07. The molecule has 1 heterocycles. The number of ether oxygens (including phenoxy) is 1. The Bertz CT molecular complexity index is 244. The second-order valence-electron chi connectivity index (χ2n) is 1.79. The van der Waals surface area contributed by atoms with Gasteiger partial charge in [0.2, 0.25) is 5.01 Å². The average molecular weight is 157 g/mol. The number of hydrogen-bond acceptors (Lipinski definition) is 4. The Balaban J connectivity index is 2.85. The van der Waals surface area contributed by atoms with Crippen molar-refractivity contribution in [2.75, 3.05) is 7.11 Å². The topological polar surface area (TPSA) is 39.2 Å². The molecule has 0 aliphatic carbocycles. The molecule has 0 atom stereocenters. The summed E-state index contributed by atoms with van der Waals surface area (Å²) in [5, 5.41) is 2.23. The van der Waals surface area contributed by atoms with E-state index in [4.69, 9.17) is 0 Å². The van der Waals surface area contributed by atoms with Crippen LogP contribution in [0.1, 0.15) is 15.5 Å². The molecule has 0 radical (unpaired) electrons. The van der Waals surface area contributed by atoms with Crippen LogP contribution in [0.4, 0.5) is 0 Å². The molecule has 0 saturated heterocycles. The molecule has 0 aromatic carbocycles. The molecule has 54 valence electrons. The summed E-state index contributed by atoms with van der Waals surface area (Å²) in [5.74, 6) is -0.363. The maximum Gasteiger partial charge on any atom is 0.367 e. The third kappa shape index (κ3) is 1.33. The lowest BCUT2D eigenvalue weighted by Crippen LogP contribution is -1.99. The number of methoxy groups -OCH3 is 1. The van der Waals surface area contributed by atoms with Crippen LogP contribution in [0, 0.1) is 6.92 Å². The molecule has 0 spiro atoms. The molecule has 0 saturated carbocycles. The predicted octanol–water partition coefficient (Wildman–Crippen LogP) is 1.24. The average Bonchev–Trinajstić information content (AvgIpc) is 2.34. The minimum absolute atomic E-state index is 0.363. The van der Waals surface area contributed by atoms with Gasteiger partial charge in [-0.15, -0.1) is 11.3 Å². The van der Waals surface area contributed by atoms with Crippen LogP contribution in [0.2, 0.25) is 0 Å². The van der Waals surface area contributed by atoms with Gasteiger partial charge >= 0.3 is 5.97 Å². The van der Waals surface area contributed by atoms with Crippen LogP contribution in [0.15, 0.2) is 5.38 Å². The Morgan fingerprint density at radius 1 is 1.80 bits per heavy atom. The number of aryl methyl sites for hydroxylation is 1. The molecule has 0 N–H and O–H groups in total. The molecule has 0 aliphatic rings. The van der Waals surface area contributed by atoms with Gasteiger partial charge < -0.3 is 4.74 Å². The largest absolute Gasteiger partial charge is 0.464 e. The molecule has 1 rings (SSSR count). The number of carbonyl (C=O) groups is 1. The van der Waals surface area contributed by atoms with E-state index in [1.165, 1.54) is 18.4 Å². The quantitative estimate of drug-likeness (QED) is 0.576. The van der Waals surface area contributed by atoms with Crippen molar-refractivity contribution in [3.63, 3.8) is 0 Å². The molecule has 0 aliphatic heterocycles. The zero-order valence-corrected chi connectivity index (χ0v) is 6.57. The minimum atomic E-state index is -0.363. The van der Waals surface area contributed by atoms with E-state index >= 15 is 0 Å². The smallest absolute Gasteiger partial charge is 0.367 e. The summed E-state index contributed by atoms with van der Waals surface area (Å²) >= 11 is 1.30. The van der Waals surface area contributed by atoms with Crippen LogP contribution < -0.4 is 0 Å². The summed E-state index contributed by atoms with van der Waals surface area (Å²) in [6.07, 6.45) is 0. The van der Waals surface area contributed by atoms with Gasteiger partial charge in [-0.25, -0.2) is 9.78 Å². The van der Waals surface area contributed by atoms with Crippen LogP contribution in [-0.2, 0) is 4.74 Å².